The van der Waals surface area contributed by atoms with Gasteiger partial charge in [0.05, 0.1) is 22.6 Å². The number of rotatable bonds is 7. The van der Waals surface area contributed by atoms with Crippen molar-refractivity contribution in [3.05, 3.63) is 54.6 Å². The lowest BCUT2D eigenvalue weighted by atomic mass is 10.1. The summed E-state index contributed by atoms with van der Waals surface area (Å²) in [6.07, 6.45) is -0.274. The Hall–Kier alpha value is -1.85. The van der Waals surface area contributed by atoms with E-state index in [1.54, 1.807) is 24.3 Å². The molecule has 1 N–H and O–H groups in total. The monoisotopic (exact) mass is 400 g/mol. The third-order valence-electron chi connectivity index (χ3n) is 3.40. The van der Waals surface area contributed by atoms with Gasteiger partial charge in [-0.05, 0) is 24.3 Å². The second-order valence-electron chi connectivity index (χ2n) is 5.29. The number of hydrogen-bond donors (Lipinski definition) is 1. The third-order valence-corrected chi connectivity index (χ3v) is 5.74. The van der Waals surface area contributed by atoms with E-state index in [1.165, 1.54) is 23.1 Å². The molecule has 1 heterocycles. The van der Waals surface area contributed by atoms with Gasteiger partial charge >= 0.3 is 11.9 Å². The minimum atomic E-state index is -1.03. The molecule has 5 nitrogen and oxygen atoms in total. The lowest BCUT2D eigenvalue weighted by Crippen LogP contribution is -2.25. The van der Waals surface area contributed by atoms with Crippen molar-refractivity contribution in [2.24, 2.45) is 5.92 Å². The van der Waals surface area contributed by atoms with E-state index in [4.69, 9.17) is 9.84 Å². The molecule has 1 unspecified atom stereocenters. The van der Waals surface area contributed by atoms with Crippen molar-refractivity contribution in [1.82, 2.24) is 4.98 Å². The number of hydrogen-bond acceptors (Lipinski definition) is 6. The molecule has 0 saturated heterocycles. The summed E-state index contributed by atoms with van der Waals surface area (Å²) in [5, 5.41) is 9.08. The van der Waals surface area contributed by atoms with E-state index in [0.29, 0.717) is 11.5 Å². The van der Waals surface area contributed by atoms with E-state index in [1.807, 2.05) is 30.3 Å². The van der Waals surface area contributed by atoms with Gasteiger partial charge < -0.3 is 9.84 Å². The Kier molecular flexibility index (Phi) is 7.67. The molecule has 0 bridgehead atoms. The van der Waals surface area contributed by atoms with Crippen molar-refractivity contribution in [1.29, 1.82) is 0 Å². The smallest absolute Gasteiger partial charge is 0.315 e. The van der Waals surface area contributed by atoms with Gasteiger partial charge in [0, 0.05) is 23.1 Å². The van der Waals surface area contributed by atoms with Crippen LogP contribution in [0.25, 0.3) is 10.2 Å². The van der Waals surface area contributed by atoms with Gasteiger partial charge in [-0.25, -0.2) is 4.98 Å². The van der Waals surface area contributed by atoms with Crippen LogP contribution in [0, 0.1) is 5.92 Å². The minimum Gasteiger partial charge on any atom is -0.481 e. The van der Waals surface area contributed by atoms with E-state index in [-0.39, 0.29) is 23.8 Å². The molecule has 0 fully saturated rings. The Morgan fingerprint density at radius 2 is 1.81 bits per heavy atom. The van der Waals surface area contributed by atoms with Crippen LogP contribution in [0.1, 0.15) is 6.42 Å². The van der Waals surface area contributed by atoms with Crippen molar-refractivity contribution in [3.8, 4) is 5.75 Å². The van der Waals surface area contributed by atoms with E-state index < -0.39 is 17.9 Å². The number of carboxylic acids is 1. The predicted octanol–water partition coefficient (Wildman–Crippen LogP) is 3.70. The summed E-state index contributed by atoms with van der Waals surface area (Å²) in [7, 11) is 0. The number of carbonyl (C=O) groups is 2. The standard InChI is InChI=1S/C18H15NO4S2.Al/c20-16(21)10-12(17(22)23-13-6-2-1-3-7-13)11-24-18-19-14-8-4-5-9-15(14)25-18;/h1-9,12H,10-11H2,(H,20,21);. The summed E-state index contributed by atoms with van der Waals surface area (Å²) >= 11 is 2.90. The molecule has 0 amide bonds. The van der Waals surface area contributed by atoms with E-state index >= 15 is 0 Å². The van der Waals surface area contributed by atoms with Crippen LogP contribution in [0.2, 0.25) is 0 Å². The zero-order valence-electron chi connectivity index (χ0n) is 13.7. The third kappa shape index (κ3) is 5.58. The first-order valence-corrected chi connectivity index (χ1v) is 9.39. The lowest BCUT2D eigenvalue weighted by Gasteiger charge is -2.13. The minimum absolute atomic E-state index is 0. The van der Waals surface area contributed by atoms with Gasteiger partial charge in [0.2, 0.25) is 0 Å². The SMILES string of the molecule is O=C(O)CC(CSc1nc2ccccc2s1)C(=O)Oc1ccccc1.[Al]. The van der Waals surface area contributed by atoms with Crippen LogP contribution in [0.3, 0.4) is 0 Å². The number of aliphatic carboxylic acids is 1. The van der Waals surface area contributed by atoms with Crippen molar-refractivity contribution < 1.29 is 19.4 Å². The summed E-state index contributed by atoms with van der Waals surface area (Å²) in [6.45, 7) is 0. The zero-order chi connectivity index (χ0) is 17.6. The Morgan fingerprint density at radius 3 is 2.50 bits per heavy atom. The van der Waals surface area contributed by atoms with Crippen LogP contribution >= 0.6 is 23.1 Å². The molecule has 131 valence electrons. The van der Waals surface area contributed by atoms with Crippen LogP contribution in [0.4, 0.5) is 0 Å². The lowest BCUT2D eigenvalue weighted by molar-refractivity contribution is -0.145. The van der Waals surface area contributed by atoms with Crippen LogP contribution in [0.5, 0.6) is 5.75 Å². The highest BCUT2D eigenvalue weighted by Crippen LogP contribution is 2.31. The molecule has 26 heavy (non-hydrogen) atoms. The number of ether oxygens (including phenoxy) is 1. The normalized spacial score (nSPS) is 11.5. The second-order valence-corrected chi connectivity index (χ2v) is 7.59. The number of fused-ring (bicyclic) bond motifs is 1. The molecule has 0 saturated carbocycles. The molecule has 0 aliphatic heterocycles. The highest BCUT2D eigenvalue weighted by molar-refractivity contribution is 8.01. The fraction of sp³-hybridized carbons (Fsp3) is 0.167. The van der Waals surface area contributed by atoms with Gasteiger partial charge in [-0.2, -0.15) is 0 Å². The highest BCUT2D eigenvalue weighted by atomic mass is 32.2. The number of thioether (sulfide) groups is 1. The maximum atomic E-state index is 12.3. The number of aromatic nitrogens is 1. The molecule has 3 rings (SSSR count). The van der Waals surface area contributed by atoms with Gasteiger partial charge in [0.15, 0.2) is 4.34 Å². The molecular formula is C18H15AlNO4S2. The highest BCUT2D eigenvalue weighted by Gasteiger charge is 2.24. The largest absolute Gasteiger partial charge is 0.481 e. The van der Waals surface area contributed by atoms with Gasteiger partial charge in [-0.15, -0.1) is 11.3 Å². The quantitative estimate of drug-likeness (QED) is 0.282. The molecule has 1 aromatic heterocycles. The number of nitrogens with zero attached hydrogens (tertiary/aromatic N) is 1. The predicted molar refractivity (Wildman–Crippen MR) is 104 cm³/mol. The summed E-state index contributed by atoms with van der Waals surface area (Å²) in [6, 6.07) is 16.4. The number of thiazole rings is 1. The molecule has 0 aliphatic rings. The fourth-order valence-electron chi connectivity index (χ4n) is 2.19. The first-order valence-electron chi connectivity index (χ1n) is 7.59. The second kappa shape index (κ2) is 9.74. The van der Waals surface area contributed by atoms with Gasteiger partial charge in [0.1, 0.15) is 5.75 Å². The van der Waals surface area contributed by atoms with Crippen molar-refractivity contribution in [3.63, 3.8) is 0 Å². The molecular weight excluding hydrogens is 385 g/mol. The summed E-state index contributed by atoms with van der Waals surface area (Å²) in [5.74, 6) is -1.60. The van der Waals surface area contributed by atoms with Gasteiger partial charge in [0.25, 0.3) is 0 Å². The number of carboxylic acid groups (broad SMARTS) is 1. The number of esters is 1. The summed E-state index contributed by atoms with van der Waals surface area (Å²) in [5.41, 5.74) is 0.900. The Bertz CT molecular complexity index is 852. The average Bonchev–Trinajstić information content (AvgIpc) is 3.02. The number of benzene rings is 2. The van der Waals surface area contributed by atoms with Crippen LogP contribution in [-0.2, 0) is 9.59 Å². The van der Waals surface area contributed by atoms with E-state index in [2.05, 4.69) is 4.98 Å². The topological polar surface area (TPSA) is 76.5 Å². The first-order chi connectivity index (χ1) is 12.1. The van der Waals surface area contributed by atoms with Gasteiger partial charge in [-0.3, -0.25) is 9.59 Å². The summed E-state index contributed by atoms with van der Waals surface area (Å²) < 4.78 is 7.16. The first kappa shape index (κ1) is 20.5. The van der Waals surface area contributed by atoms with Gasteiger partial charge in [-0.1, -0.05) is 42.1 Å². The Labute approximate surface area is 169 Å². The number of para-hydroxylation sites is 2. The molecule has 8 heteroatoms. The van der Waals surface area contributed by atoms with Crippen molar-refractivity contribution in [2.45, 2.75) is 10.8 Å². The molecule has 0 aliphatic carbocycles. The van der Waals surface area contributed by atoms with E-state index in [9.17, 15) is 9.59 Å². The molecule has 2 aromatic carbocycles. The zero-order valence-corrected chi connectivity index (χ0v) is 16.5. The van der Waals surface area contributed by atoms with Crippen molar-refractivity contribution in [2.75, 3.05) is 5.75 Å². The Balaban J connectivity index is 0.00000243. The molecule has 1 atom stereocenters. The summed E-state index contributed by atoms with van der Waals surface area (Å²) in [4.78, 5) is 27.9. The molecule has 3 radical (unpaired) electrons. The number of carbonyl (C=O) groups excluding carboxylic acids is 1. The van der Waals surface area contributed by atoms with E-state index in [0.717, 1.165) is 14.6 Å². The van der Waals surface area contributed by atoms with Crippen LogP contribution < -0.4 is 4.74 Å². The van der Waals surface area contributed by atoms with Crippen molar-refractivity contribution >= 4 is 62.6 Å². The fourth-order valence-corrected chi connectivity index (χ4v) is 4.36. The van der Waals surface area contributed by atoms with Crippen LogP contribution in [0.15, 0.2) is 58.9 Å². The maximum absolute atomic E-state index is 12.3. The van der Waals surface area contributed by atoms with Crippen LogP contribution in [-0.4, -0.2) is 45.1 Å². The average molecular weight is 400 g/mol. The maximum Gasteiger partial charge on any atom is 0.315 e. The molecule has 0 spiro atoms. The Morgan fingerprint density at radius 1 is 1.12 bits per heavy atom. The molecule has 3 aromatic rings.